The molecule has 1 saturated carbocycles. The van der Waals surface area contributed by atoms with Gasteiger partial charge < -0.3 is 14.7 Å². The van der Waals surface area contributed by atoms with Crippen molar-refractivity contribution in [3.63, 3.8) is 0 Å². The number of nitrogens with one attached hydrogen (secondary N) is 1. The molecule has 0 bridgehead atoms. The largest absolute Gasteiger partial charge is 0.350 e. The molecular formula is C22H33N5O2. The van der Waals surface area contributed by atoms with E-state index in [1.54, 1.807) is 16.9 Å². The molecule has 1 aliphatic heterocycles. The maximum Gasteiger partial charge on any atom is 0.290 e. The SMILES string of the molecule is Cc1c(-c2cc(C(=O)NC3(CN4CCC(C)CC4)CCCCC3)on2)cnn1C. The third-order valence-electron chi connectivity index (χ3n) is 6.84. The van der Waals surface area contributed by atoms with Crippen molar-refractivity contribution in [1.29, 1.82) is 0 Å². The van der Waals surface area contributed by atoms with Crippen molar-refractivity contribution in [2.24, 2.45) is 13.0 Å². The van der Waals surface area contributed by atoms with Crippen molar-refractivity contribution in [3.8, 4) is 11.3 Å². The third-order valence-corrected chi connectivity index (χ3v) is 6.84. The van der Waals surface area contributed by atoms with Crippen LogP contribution in [0.4, 0.5) is 0 Å². The summed E-state index contributed by atoms with van der Waals surface area (Å²) in [7, 11) is 1.89. The van der Waals surface area contributed by atoms with Gasteiger partial charge in [0.15, 0.2) is 0 Å². The number of amides is 1. The number of hydrogen-bond acceptors (Lipinski definition) is 5. The first kappa shape index (κ1) is 20.1. The Morgan fingerprint density at radius 2 is 2.00 bits per heavy atom. The molecule has 1 saturated heterocycles. The molecule has 0 unspecified atom stereocenters. The van der Waals surface area contributed by atoms with Crippen LogP contribution in [0.25, 0.3) is 11.3 Å². The standard InChI is InChI=1S/C22H33N5O2/c1-16-7-11-27(12-8-16)15-22(9-5-4-6-10-22)24-21(28)20-13-19(25-29-20)18-14-23-26(3)17(18)2/h13-14,16H,4-12,15H2,1-3H3,(H,24,28). The van der Waals surface area contributed by atoms with Crippen LogP contribution >= 0.6 is 0 Å². The van der Waals surface area contributed by atoms with Gasteiger partial charge in [0.2, 0.25) is 5.76 Å². The molecular weight excluding hydrogens is 366 g/mol. The Morgan fingerprint density at radius 1 is 1.28 bits per heavy atom. The van der Waals surface area contributed by atoms with Crippen LogP contribution in [-0.4, -0.2) is 50.9 Å². The number of aromatic nitrogens is 3. The summed E-state index contributed by atoms with van der Waals surface area (Å²) in [6, 6.07) is 1.73. The highest BCUT2D eigenvalue weighted by Crippen LogP contribution is 2.31. The fourth-order valence-electron chi connectivity index (χ4n) is 4.76. The van der Waals surface area contributed by atoms with E-state index in [-0.39, 0.29) is 17.2 Å². The molecule has 2 aliphatic rings. The highest BCUT2D eigenvalue weighted by molar-refractivity contribution is 5.93. The monoisotopic (exact) mass is 399 g/mol. The zero-order valence-corrected chi connectivity index (χ0v) is 17.9. The Hall–Kier alpha value is -2.15. The topological polar surface area (TPSA) is 76.2 Å². The van der Waals surface area contributed by atoms with Crippen LogP contribution in [0.2, 0.25) is 0 Å². The van der Waals surface area contributed by atoms with Crippen LogP contribution in [0, 0.1) is 12.8 Å². The summed E-state index contributed by atoms with van der Waals surface area (Å²) in [5, 5.41) is 11.7. The van der Waals surface area contributed by atoms with E-state index in [1.165, 1.54) is 32.1 Å². The first-order valence-corrected chi connectivity index (χ1v) is 11.0. The molecule has 1 N–H and O–H groups in total. The Balaban J connectivity index is 1.47. The number of piperidine rings is 1. The molecule has 0 atom stereocenters. The van der Waals surface area contributed by atoms with E-state index in [4.69, 9.17) is 4.52 Å². The van der Waals surface area contributed by atoms with Crippen LogP contribution in [0.5, 0.6) is 0 Å². The van der Waals surface area contributed by atoms with E-state index in [9.17, 15) is 4.79 Å². The summed E-state index contributed by atoms with van der Waals surface area (Å²) < 4.78 is 7.21. The van der Waals surface area contributed by atoms with Gasteiger partial charge in [-0.1, -0.05) is 31.3 Å². The molecule has 1 aliphatic carbocycles. The average Bonchev–Trinajstić information content (AvgIpc) is 3.32. The number of likely N-dealkylation sites (tertiary alicyclic amines) is 1. The zero-order chi connectivity index (χ0) is 20.4. The molecule has 0 spiro atoms. The maximum atomic E-state index is 13.1. The first-order chi connectivity index (χ1) is 14.0. The molecule has 29 heavy (non-hydrogen) atoms. The molecule has 7 nitrogen and oxygen atoms in total. The van der Waals surface area contributed by atoms with Crippen molar-refractivity contribution in [2.75, 3.05) is 19.6 Å². The van der Waals surface area contributed by atoms with Gasteiger partial charge in [0.1, 0.15) is 5.69 Å². The zero-order valence-electron chi connectivity index (χ0n) is 17.9. The molecule has 0 aromatic carbocycles. The van der Waals surface area contributed by atoms with Gasteiger partial charge in [-0.2, -0.15) is 5.10 Å². The first-order valence-electron chi connectivity index (χ1n) is 11.0. The molecule has 1 amide bonds. The van der Waals surface area contributed by atoms with Crippen LogP contribution in [0.3, 0.4) is 0 Å². The predicted octanol–water partition coefficient (Wildman–Crippen LogP) is 3.55. The van der Waals surface area contributed by atoms with Crippen molar-refractivity contribution in [1.82, 2.24) is 25.2 Å². The molecule has 0 radical (unpaired) electrons. The highest BCUT2D eigenvalue weighted by Gasteiger charge is 2.37. The van der Waals surface area contributed by atoms with Gasteiger partial charge in [-0.15, -0.1) is 0 Å². The van der Waals surface area contributed by atoms with Crippen molar-refractivity contribution in [3.05, 3.63) is 23.7 Å². The van der Waals surface area contributed by atoms with Crippen LogP contribution in [-0.2, 0) is 7.05 Å². The molecule has 2 fully saturated rings. The van der Waals surface area contributed by atoms with Gasteiger partial charge in [-0.3, -0.25) is 9.48 Å². The van der Waals surface area contributed by atoms with E-state index in [2.05, 4.69) is 27.4 Å². The minimum Gasteiger partial charge on any atom is -0.350 e. The van der Waals surface area contributed by atoms with Crippen molar-refractivity contribution in [2.45, 2.75) is 64.3 Å². The van der Waals surface area contributed by atoms with E-state index in [1.807, 2.05) is 14.0 Å². The molecule has 7 heteroatoms. The van der Waals surface area contributed by atoms with E-state index in [0.717, 1.165) is 49.7 Å². The quantitative estimate of drug-likeness (QED) is 0.832. The number of carbonyl (C=O) groups excluding carboxylic acids is 1. The average molecular weight is 400 g/mol. The van der Waals surface area contributed by atoms with E-state index < -0.39 is 0 Å². The minimum atomic E-state index is -0.160. The predicted molar refractivity (Wildman–Crippen MR) is 112 cm³/mol. The lowest BCUT2D eigenvalue weighted by Crippen LogP contribution is -2.57. The number of aryl methyl sites for hydroxylation is 1. The second-order valence-corrected chi connectivity index (χ2v) is 9.10. The summed E-state index contributed by atoms with van der Waals surface area (Å²) in [6.07, 6.45) is 9.92. The van der Waals surface area contributed by atoms with Gasteiger partial charge in [0.05, 0.1) is 11.7 Å². The van der Waals surface area contributed by atoms with Crippen molar-refractivity contribution >= 4 is 5.91 Å². The number of hydrogen-bond donors (Lipinski definition) is 1. The van der Waals surface area contributed by atoms with Gasteiger partial charge >= 0.3 is 0 Å². The Labute approximate surface area is 172 Å². The smallest absolute Gasteiger partial charge is 0.290 e. The van der Waals surface area contributed by atoms with Gasteiger partial charge in [0, 0.05) is 30.9 Å². The van der Waals surface area contributed by atoms with Gasteiger partial charge in [-0.25, -0.2) is 0 Å². The number of rotatable bonds is 5. The lowest BCUT2D eigenvalue weighted by atomic mass is 9.80. The fraction of sp³-hybridized carbons (Fsp3) is 0.682. The Bertz CT molecular complexity index is 841. The molecule has 3 heterocycles. The van der Waals surface area contributed by atoms with Gasteiger partial charge in [0.25, 0.3) is 5.91 Å². The lowest BCUT2D eigenvalue weighted by Gasteiger charge is -2.43. The molecule has 158 valence electrons. The van der Waals surface area contributed by atoms with Crippen molar-refractivity contribution < 1.29 is 9.32 Å². The van der Waals surface area contributed by atoms with Gasteiger partial charge in [-0.05, 0) is 51.6 Å². The maximum absolute atomic E-state index is 13.1. The van der Waals surface area contributed by atoms with E-state index >= 15 is 0 Å². The third kappa shape index (κ3) is 4.39. The number of nitrogens with zero attached hydrogens (tertiary/aromatic N) is 4. The normalized spacial score (nSPS) is 20.7. The summed E-state index contributed by atoms with van der Waals surface area (Å²) in [4.78, 5) is 15.6. The Morgan fingerprint density at radius 3 is 2.66 bits per heavy atom. The summed E-state index contributed by atoms with van der Waals surface area (Å²) >= 11 is 0. The lowest BCUT2D eigenvalue weighted by molar-refractivity contribution is 0.0728. The number of carbonyl (C=O) groups is 1. The molecule has 4 rings (SSSR count). The molecule has 2 aromatic heterocycles. The van der Waals surface area contributed by atoms with Crippen LogP contribution < -0.4 is 5.32 Å². The summed E-state index contributed by atoms with van der Waals surface area (Å²) in [5.74, 6) is 0.935. The second kappa shape index (κ2) is 8.30. The summed E-state index contributed by atoms with van der Waals surface area (Å²) in [6.45, 7) is 7.51. The van der Waals surface area contributed by atoms with Crippen LogP contribution in [0.1, 0.15) is 68.1 Å². The second-order valence-electron chi connectivity index (χ2n) is 9.10. The Kier molecular flexibility index (Phi) is 5.76. The van der Waals surface area contributed by atoms with E-state index in [0.29, 0.717) is 5.69 Å². The summed E-state index contributed by atoms with van der Waals surface area (Å²) in [5.41, 5.74) is 2.38. The highest BCUT2D eigenvalue weighted by atomic mass is 16.5. The minimum absolute atomic E-state index is 0.155. The van der Waals surface area contributed by atoms with Crippen LogP contribution in [0.15, 0.2) is 16.8 Å². The molecule has 2 aromatic rings. The fourth-order valence-corrected chi connectivity index (χ4v) is 4.76.